The molecule has 13 heavy (non-hydrogen) atoms. The fourth-order valence-corrected chi connectivity index (χ4v) is 1.04. The Balaban J connectivity index is 3.11. The van der Waals surface area contributed by atoms with Crippen molar-refractivity contribution in [2.24, 2.45) is 7.05 Å². The first kappa shape index (κ1) is 10.1. The summed E-state index contributed by atoms with van der Waals surface area (Å²) in [5, 5.41) is 3.77. The molecule has 0 aliphatic heterocycles. The van der Waals surface area contributed by atoms with E-state index in [4.69, 9.17) is 0 Å². The van der Waals surface area contributed by atoms with Gasteiger partial charge in [-0.1, -0.05) is 13.8 Å². The minimum absolute atomic E-state index is 0.0160. The van der Waals surface area contributed by atoms with E-state index in [2.05, 4.69) is 5.10 Å². The van der Waals surface area contributed by atoms with Gasteiger partial charge in [0.2, 0.25) is 0 Å². The first-order valence-corrected chi connectivity index (χ1v) is 3.93. The minimum Gasteiger partial charge on any atom is -0.263 e. The van der Waals surface area contributed by atoms with Crippen LogP contribution in [0.15, 0.2) is 6.07 Å². The van der Waals surface area contributed by atoms with Gasteiger partial charge < -0.3 is 0 Å². The van der Waals surface area contributed by atoms with Crippen LogP contribution in [0.5, 0.6) is 0 Å². The Bertz CT molecular complexity index is 299. The lowest BCUT2D eigenvalue weighted by molar-refractivity contribution is -0.143. The predicted octanol–water partition coefficient (Wildman–Crippen LogP) is 2.56. The average molecular weight is 192 g/mol. The molecular weight excluding hydrogens is 181 g/mol. The number of hydrogen-bond donors (Lipinski definition) is 0. The lowest BCUT2D eigenvalue weighted by Crippen LogP contribution is -2.11. The minimum atomic E-state index is -4.31. The van der Waals surface area contributed by atoms with Gasteiger partial charge in [-0.3, -0.25) is 4.68 Å². The highest BCUT2D eigenvalue weighted by atomic mass is 19.4. The van der Waals surface area contributed by atoms with Gasteiger partial charge >= 0.3 is 6.18 Å². The van der Waals surface area contributed by atoms with Crippen LogP contribution in [0.25, 0.3) is 0 Å². The van der Waals surface area contributed by atoms with E-state index in [9.17, 15) is 13.2 Å². The Morgan fingerprint density at radius 3 is 2.15 bits per heavy atom. The predicted molar refractivity (Wildman–Crippen MR) is 42.3 cm³/mol. The normalized spacial score (nSPS) is 12.5. The largest absolute Gasteiger partial charge is 0.433 e. The van der Waals surface area contributed by atoms with Gasteiger partial charge in [-0.2, -0.15) is 18.3 Å². The van der Waals surface area contributed by atoms with Crippen LogP contribution < -0.4 is 0 Å². The first-order valence-electron chi connectivity index (χ1n) is 3.93. The summed E-state index contributed by atoms with van der Waals surface area (Å²) in [4.78, 5) is 0. The Hall–Kier alpha value is -1.00. The number of rotatable bonds is 1. The third-order valence-electron chi connectivity index (χ3n) is 1.78. The smallest absolute Gasteiger partial charge is 0.263 e. The number of hydrogen-bond acceptors (Lipinski definition) is 1. The van der Waals surface area contributed by atoms with E-state index in [1.807, 2.05) is 13.8 Å². The summed E-state index contributed by atoms with van der Waals surface area (Å²) in [6.07, 6.45) is -4.31. The third kappa shape index (κ3) is 2.02. The van der Waals surface area contributed by atoms with Crippen molar-refractivity contribution in [1.29, 1.82) is 0 Å². The molecular formula is C8H11F3N2. The van der Waals surface area contributed by atoms with Crippen molar-refractivity contribution in [2.75, 3.05) is 0 Å². The quantitative estimate of drug-likeness (QED) is 0.668. The molecule has 0 atom stereocenters. The molecule has 74 valence electrons. The van der Waals surface area contributed by atoms with E-state index in [1.54, 1.807) is 0 Å². The SMILES string of the molecule is CC(C)c1cc(C(F)(F)F)n(C)n1. The number of aryl methyl sites for hydroxylation is 1. The topological polar surface area (TPSA) is 17.8 Å². The Kier molecular flexibility index (Phi) is 2.36. The molecule has 0 aromatic carbocycles. The van der Waals surface area contributed by atoms with E-state index in [1.165, 1.54) is 7.05 Å². The molecule has 5 heteroatoms. The molecule has 0 bridgehead atoms. The number of alkyl halides is 3. The van der Waals surface area contributed by atoms with Gasteiger partial charge in [-0.15, -0.1) is 0 Å². The molecule has 0 saturated carbocycles. The maximum absolute atomic E-state index is 12.3. The fourth-order valence-electron chi connectivity index (χ4n) is 1.04. The lowest BCUT2D eigenvalue weighted by atomic mass is 10.1. The zero-order chi connectivity index (χ0) is 10.2. The molecule has 0 amide bonds. The Morgan fingerprint density at radius 1 is 1.38 bits per heavy atom. The van der Waals surface area contributed by atoms with Gasteiger partial charge in [-0.25, -0.2) is 0 Å². The van der Waals surface area contributed by atoms with E-state index in [0.29, 0.717) is 5.69 Å². The summed E-state index contributed by atoms with van der Waals surface area (Å²) in [5.41, 5.74) is -0.231. The molecule has 0 fully saturated rings. The van der Waals surface area contributed by atoms with Gasteiger partial charge in [-0.05, 0) is 12.0 Å². The standard InChI is InChI=1S/C8H11F3N2/c1-5(2)6-4-7(8(9,10)11)13(3)12-6/h4-5H,1-3H3. The first-order chi connectivity index (χ1) is 5.82. The zero-order valence-corrected chi connectivity index (χ0v) is 7.68. The van der Waals surface area contributed by atoms with Crippen molar-refractivity contribution >= 4 is 0 Å². The molecule has 0 aliphatic rings. The van der Waals surface area contributed by atoms with Crippen molar-refractivity contribution in [3.05, 3.63) is 17.5 Å². The molecule has 0 unspecified atom stereocenters. The molecule has 2 nitrogen and oxygen atoms in total. The summed E-state index contributed by atoms with van der Waals surface area (Å²) in [7, 11) is 1.30. The summed E-state index contributed by atoms with van der Waals surface area (Å²) in [6, 6.07) is 1.09. The second-order valence-corrected chi connectivity index (χ2v) is 3.23. The van der Waals surface area contributed by atoms with Crippen molar-refractivity contribution in [3.8, 4) is 0 Å². The van der Waals surface area contributed by atoms with Crippen LogP contribution in [0.2, 0.25) is 0 Å². The maximum Gasteiger partial charge on any atom is 0.433 e. The third-order valence-corrected chi connectivity index (χ3v) is 1.78. The number of halogens is 3. The summed E-state index contributed by atoms with van der Waals surface area (Å²) >= 11 is 0. The molecule has 1 rings (SSSR count). The highest BCUT2D eigenvalue weighted by Gasteiger charge is 2.35. The second kappa shape index (κ2) is 3.05. The summed E-state index contributed by atoms with van der Waals surface area (Å²) < 4.78 is 37.7. The number of aromatic nitrogens is 2. The van der Waals surface area contributed by atoms with Crippen LogP contribution in [-0.2, 0) is 13.2 Å². The lowest BCUT2D eigenvalue weighted by Gasteiger charge is -2.04. The second-order valence-electron chi connectivity index (χ2n) is 3.23. The number of nitrogens with zero attached hydrogens (tertiary/aromatic N) is 2. The molecule has 0 spiro atoms. The molecule has 0 saturated heterocycles. The van der Waals surface area contributed by atoms with Crippen molar-refractivity contribution < 1.29 is 13.2 Å². The van der Waals surface area contributed by atoms with E-state index in [0.717, 1.165) is 10.7 Å². The van der Waals surface area contributed by atoms with Crippen LogP contribution in [0.3, 0.4) is 0 Å². The molecule has 0 N–H and O–H groups in total. The Labute approximate surface area is 74.4 Å². The summed E-state index contributed by atoms with van der Waals surface area (Å²) in [6.45, 7) is 3.62. The highest BCUT2D eigenvalue weighted by Crippen LogP contribution is 2.30. The van der Waals surface area contributed by atoms with E-state index < -0.39 is 11.9 Å². The molecule has 0 radical (unpaired) electrons. The van der Waals surface area contributed by atoms with Crippen molar-refractivity contribution in [3.63, 3.8) is 0 Å². The fraction of sp³-hybridized carbons (Fsp3) is 0.625. The van der Waals surface area contributed by atoms with Crippen LogP contribution in [-0.4, -0.2) is 9.78 Å². The molecule has 1 aromatic rings. The van der Waals surface area contributed by atoms with Crippen LogP contribution in [0, 0.1) is 0 Å². The zero-order valence-electron chi connectivity index (χ0n) is 7.68. The monoisotopic (exact) mass is 192 g/mol. The molecule has 0 aliphatic carbocycles. The van der Waals surface area contributed by atoms with E-state index in [-0.39, 0.29) is 5.92 Å². The van der Waals surface area contributed by atoms with Gasteiger partial charge in [0.05, 0.1) is 5.69 Å². The van der Waals surface area contributed by atoms with Crippen molar-refractivity contribution in [2.45, 2.75) is 25.9 Å². The van der Waals surface area contributed by atoms with Crippen LogP contribution >= 0.6 is 0 Å². The maximum atomic E-state index is 12.3. The van der Waals surface area contributed by atoms with Gasteiger partial charge in [0.25, 0.3) is 0 Å². The van der Waals surface area contributed by atoms with Crippen LogP contribution in [0.1, 0.15) is 31.2 Å². The average Bonchev–Trinajstić information content (AvgIpc) is 2.29. The van der Waals surface area contributed by atoms with Gasteiger partial charge in [0.15, 0.2) is 0 Å². The molecule has 1 heterocycles. The van der Waals surface area contributed by atoms with Gasteiger partial charge in [0, 0.05) is 7.05 Å². The highest BCUT2D eigenvalue weighted by molar-refractivity contribution is 5.15. The van der Waals surface area contributed by atoms with E-state index >= 15 is 0 Å². The molecule has 1 aromatic heterocycles. The summed E-state index contributed by atoms with van der Waals surface area (Å²) in [5.74, 6) is 0.0160. The van der Waals surface area contributed by atoms with Crippen LogP contribution in [0.4, 0.5) is 13.2 Å². The van der Waals surface area contributed by atoms with Gasteiger partial charge in [0.1, 0.15) is 5.69 Å². The Morgan fingerprint density at radius 2 is 1.92 bits per heavy atom. The van der Waals surface area contributed by atoms with Crippen molar-refractivity contribution in [1.82, 2.24) is 9.78 Å².